The first-order chi connectivity index (χ1) is 14.0. The van der Waals surface area contributed by atoms with Crippen molar-refractivity contribution >= 4 is 33.2 Å². The van der Waals surface area contributed by atoms with Crippen LogP contribution in [0.5, 0.6) is 0 Å². The topological polar surface area (TPSA) is 122 Å². The second-order valence-corrected chi connectivity index (χ2v) is 9.03. The van der Waals surface area contributed by atoms with Gasteiger partial charge in [0.2, 0.25) is 16.0 Å². The van der Waals surface area contributed by atoms with Crippen LogP contribution in [0.25, 0.3) is 0 Å². The van der Waals surface area contributed by atoms with Crippen LogP contribution < -0.4 is 21.1 Å². The molecule has 1 aromatic carbocycles. The Morgan fingerprint density at radius 1 is 1.07 bits per heavy atom. The van der Waals surface area contributed by atoms with Gasteiger partial charge in [-0.2, -0.15) is 18.2 Å². The van der Waals surface area contributed by atoms with E-state index in [2.05, 4.69) is 25.3 Å². The van der Waals surface area contributed by atoms with Gasteiger partial charge in [-0.15, -0.1) is 0 Å². The summed E-state index contributed by atoms with van der Waals surface area (Å²) in [5.74, 6) is -0.294. The third-order valence-electron chi connectivity index (χ3n) is 4.65. The van der Waals surface area contributed by atoms with E-state index in [1.807, 2.05) is 0 Å². The standard InChI is InChI=1S/C18H23F3N6O2S/c1-30(28,29)27-14-8-6-13(7-9-14)25-17-23-10-15(18(19,20)21)16(26-17)24-12-4-2-11(22)3-5-12/h6-12,27H,2-5,22H2,1H3,(H2,23,24,25,26)/t11-,12+. The number of nitrogens with one attached hydrogen (secondary N) is 3. The Labute approximate surface area is 172 Å². The van der Waals surface area contributed by atoms with Gasteiger partial charge in [-0.25, -0.2) is 13.4 Å². The maximum Gasteiger partial charge on any atom is 0.421 e. The monoisotopic (exact) mass is 444 g/mol. The highest BCUT2D eigenvalue weighted by Gasteiger charge is 2.36. The number of sulfonamides is 1. The molecule has 0 saturated heterocycles. The van der Waals surface area contributed by atoms with E-state index in [-0.39, 0.29) is 23.8 Å². The number of nitrogens with two attached hydrogens (primary N) is 1. The van der Waals surface area contributed by atoms with Crippen molar-refractivity contribution in [3.05, 3.63) is 36.0 Å². The van der Waals surface area contributed by atoms with E-state index in [9.17, 15) is 21.6 Å². The van der Waals surface area contributed by atoms with Crippen LogP contribution in [0.2, 0.25) is 0 Å². The molecule has 1 aromatic heterocycles. The predicted octanol–water partition coefficient (Wildman–Crippen LogP) is 3.29. The van der Waals surface area contributed by atoms with Crippen molar-refractivity contribution in [2.45, 2.75) is 43.9 Å². The lowest BCUT2D eigenvalue weighted by Gasteiger charge is -2.28. The number of hydrogen-bond donors (Lipinski definition) is 4. The minimum Gasteiger partial charge on any atom is -0.367 e. The fourth-order valence-electron chi connectivity index (χ4n) is 3.18. The van der Waals surface area contributed by atoms with Crippen LogP contribution in [0.15, 0.2) is 30.5 Å². The van der Waals surface area contributed by atoms with E-state index in [0.717, 1.165) is 25.3 Å². The Morgan fingerprint density at radius 3 is 2.23 bits per heavy atom. The van der Waals surface area contributed by atoms with Gasteiger partial charge in [-0.1, -0.05) is 0 Å². The van der Waals surface area contributed by atoms with Crippen LogP contribution in [-0.4, -0.2) is 36.7 Å². The van der Waals surface area contributed by atoms with Crippen molar-refractivity contribution in [3.63, 3.8) is 0 Å². The molecule has 8 nitrogen and oxygen atoms in total. The summed E-state index contributed by atoms with van der Waals surface area (Å²) in [6, 6.07) is 6.08. The number of benzene rings is 1. The largest absolute Gasteiger partial charge is 0.421 e. The van der Waals surface area contributed by atoms with Gasteiger partial charge >= 0.3 is 6.18 Å². The van der Waals surface area contributed by atoms with Gasteiger partial charge in [0.25, 0.3) is 0 Å². The number of alkyl halides is 3. The first kappa shape index (κ1) is 22.1. The molecule has 3 rings (SSSR count). The average Bonchev–Trinajstić information content (AvgIpc) is 2.63. The number of nitrogens with zero attached hydrogens (tertiary/aromatic N) is 2. The van der Waals surface area contributed by atoms with Crippen molar-refractivity contribution in [2.24, 2.45) is 5.73 Å². The van der Waals surface area contributed by atoms with E-state index in [1.54, 1.807) is 12.1 Å². The summed E-state index contributed by atoms with van der Waals surface area (Å²) in [5.41, 5.74) is 5.77. The van der Waals surface area contributed by atoms with E-state index in [1.165, 1.54) is 12.1 Å². The molecule has 12 heteroatoms. The first-order valence-electron chi connectivity index (χ1n) is 9.31. The Hall–Kier alpha value is -2.60. The summed E-state index contributed by atoms with van der Waals surface area (Å²) in [5, 5.41) is 5.72. The third-order valence-corrected chi connectivity index (χ3v) is 5.26. The van der Waals surface area contributed by atoms with Gasteiger partial charge in [-0.05, 0) is 49.9 Å². The van der Waals surface area contributed by atoms with Crippen molar-refractivity contribution in [3.8, 4) is 0 Å². The smallest absolute Gasteiger partial charge is 0.367 e. The van der Waals surface area contributed by atoms with Crippen molar-refractivity contribution in [1.29, 1.82) is 0 Å². The average molecular weight is 444 g/mol. The molecule has 0 aliphatic heterocycles. The summed E-state index contributed by atoms with van der Waals surface area (Å²) < 4.78 is 65.0. The summed E-state index contributed by atoms with van der Waals surface area (Å²) in [4.78, 5) is 7.81. The lowest BCUT2D eigenvalue weighted by Crippen LogP contribution is -2.33. The second kappa shape index (κ2) is 8.64. The zero-order valence-corrected chi connectivity index (χ0v) is 17.0. The zero-order valence-electron chi connectivity index (χ0n) is 16.2. The summed E-state index contributed by atoms with van der Waals surface area (Å²) in [6.45, 7) is 0. The van der Waals surface area contributed by atoms with E-state index >= 15 is 0 Å². The highest BCUT2D eigenvalue weighted by molar-refractivity contribution is 7.92. The summed E-state index contributed by atoms with van der Waals surface area (Å²) in [6.07, 6.45) is -0.00730. The van der Waals surface area contributed by atoms with Crippen LogP contribution >= 0.6 is 0 Å². The SMILES string of the molecule is CS(=O)(=O)Nc1ccc(Nc2ncc(C(F)(F)F)c(N[C@H]3CC[C@@H](N)CC3)n2)cc1. The molecule has 164 valence electrons. The second-order valence-electron chi connectivity index (χ2n) is 7.29. The fraction of sp³-hybridized carbons (Fsp3) is 0.444. The highest BCUT2D eigenvalue weighted by atomic mass is 32.2. The normalized spacial score (nSPS) is 19.9. The van der Waals surface area contributed by atoms with E-state index < -0.39 is 21.8 Å². The Kier molecular flexibility index (Phi) is 6.36. The summed E-state index contributed by atoms with van der Waals surface area (Å²) >= 11 is 0. The minimum absolute atomic E-state index is 0.0122. The Morgan fingerprint density at radius 2 is 1.67 bits per heavy atom. The molecule has 0 spiro atoms. The summed E-state index contributed by atoms with van der Waals surface area (Å²) in [7, 11) is -3.41. The van der Waals surface area contributed by atoms with Crippen molar-refractivity contribution < 1.29 is 21.6 Å². The fourth-order valence-corrected chi connectivity index (χ4v) is 3.75. The van der Waals surface area contributed by atoms with E-state index in [4.69, 9.17) is 5.73 Å². The lowest BCUT2D eigenvalue weighted by molar-refractivity contribution is -0.137. The molecule has 0 bridgehead atoms. The number of anilines is 4. The van der Waals surface area contributed by atoms with Gasteiger partial charge in [0.05, 0.1) is 6.26 Å². The van der Waals surface area contributed by atoms with Crippen LogP contribution in [-0.2, 0) is 16.2 Å². The van der Waals surface area contributed by atoms with Crippen molar-refractivity contribution in [2.75, 3.05) is 21.6 Å². The van der Waals surface area contributed by atoms with Gasteiger partial charge in [0, 0.05) is 29.7 Å². The molecule has 0 amide bonds. The molecule has 1 aliphatic carbocycles. The van der Waals surface area contributed by atoms with Crippen LogP contribution in [0, 0.1) is 0 Å². The zero-order chi connectivity index (χ0) is 21.9. The molecule has 1 fully saturated rings. The van der Waals surface area contributed by atoms with Gasteiger partial charge in [0.1, 0.15) is 11.4 Å². The number of aromatic nitrogens is 2. The van der Waals surface area contributed by atoms with Gasteiger partial charge < -0.3 is 16.4 Å². The van der Waals surface area contributed by atoms with Crippen LogP contribution in [0.1, 0.15) is 31.2 Å². The number of rotatable bonds is 6. The molecule has 1 heterocycles. The molecule has 5 N–H and O–H groups in total. The lowest BCUT2D eigenvalue weighted by atomic mass is 9.92. The molecule has 1 saturated carbocycles. The highest BCUT2D eigenvalue weighted by Crippen LogP contribution is 2.35. The molecule has 0 atom stereocenters. The number of halogens is 3. The van der Waals surface area contributed by atoms with Crippen LogP contribution in [0.4, 0.5) is 36.3 Å². The maximum atomic E-state index is 13.4. The van der Waals surface area contributed by atoms with E-state index in [0.29, 0.717) is 24.2 Å². The minimum atomic E-state index is -4.59. The van der Waals surface area contributed by atoms with Crippen molar-refractivity contribution in [1.82, 2.24) is 9.97 Å². The first-order valence-corrected chi connectivity index (χ1v) is 11.2. The molecule has 30 heavy (non-hydrogen) atoms. The van der Waals surface area contributed by atoms with Gasteiger partial charge in [0.15, 0.2) is 0 Å². The maximum absolute atomic E-state index is 13.4. The molecular formula is C18H23F3N6O2S. The Bertz CT molecular complexity index is 974. The quantitative estimate of drug-likeness (QED) is 0.539. The van der Waals surface area contributed by atoms with Crippen LogP contribution in [0.3, 0.4) is 0 Å². The molecule has 0 unspecified atom stereocenters. The molecule has 0 radical (unpaired) electrons. The number of hydrogen-bond acceptors (Lipinski definition) is 7. The third kappa shape index (κ3) is 6.20. The molecule has 2 aromatic rings. The molecule has 1 aliphatic rings. The predicted molar refractivity (Wildman–Crippen MR) is 109 cm³/mol. The Balaban J connectivity index is 1.78. The molecular weight excluding hydrogens is 421 g/mol. The van der Waals surface area contributed by atoms with Gasteiger partial charge in [-0.3, -0.25) is 4.72 Å².